The predicted octanol–water partition coefficient (Wildman–Crippen LogP) is 5.46. The van der Waals surface area contributed by atoms with Crippen molar-refractivity contribution < 1.29 is 37.1 Å². The lowest BCUT2D eigenvalue weighted by Gasteiger charge is -2.34. The fraction of sp³-hybridized carbons (Fsp3) is 0.676. The Hall–Kier alpha value is -2.44. The molecule has 1 aromatic rings. The van der Waals surface area contributed by atoms with E-state index in [4.69, 9.17) is 4.74 Å². The molecule has 2 aliphatic carbocycles. The maximum Gasteiger partial charge on any atom is 0.306 e. The number of ketones is 3. The van der Waals surface area contributed by atoms with Gasteiger partial charge in [-0.3, -0.25) is 24.0 Å². The lowest BCUT2D eigenvalue weighted by Crippen LogP contribution is -2.48. The average Bonchev–Trinajstić information content (AvgIpc) is 3.44. The normalized spacial score (nSPS) is 20.8. The lowest BCUT2D eigenvalue weighted by atomic mass is 9.77. The van der Waals surface area contributed by atoms with Crippen molar-refractivity contribution >= 4 is 55.2 Å². The minimum absolute atomic E-state index is 0.00780. The predicted molar refractivity (Wildman–Crippen MR) is 175 cm³/mol. The Morgan fingerprint density at radius 1 is 0.978 bits per heavy atom. The van der Waals surface area contributed by atoms with Gasteiger partial charge in [-0.2, -0.15) is 4.31 Å². The Morgan fingerprint density at radius 3 is 2.17 bits per heavy atom. The van der Waals surface area contributed by atoms with Gasteiger partial charge in [0.2, 0.25) is 21.7 Å². The summed E-state index contributed by atoms with van der Waals surface area (Å²) < 4.78 is 34.9. The largest absolute Gasteiger partial charge is 0.462 e. The first-order valence-electron chi connectivity index (χ1n) is 16.5. The molecule has 3 atom stereocenters. The van der Waals surface area contributed by atoms with E-state index in [1.807, 2.05) is 27.7 Å². The third-order valence-corrected chi connectivity index (χ3v) is 11.7. The van der Waals surface area contributed by atoms with Crippen LogP contribution >= 0.6 is 15.9 Å². The zero-order valence-electron chi connectivity index (χ0n) is 27.3. The lowest BCUT2D eigenvalue weighted by molar-refractivity contribution is -0.156. The Balaban J connectivity index is 1.61. The summed E-state index contributed by atoms with van der Waals surface area (Å²) in [6, 6.07) is 4.90. The molecule has 4 rings (SSSR count). The second kappa shape index (κ2) is 15.2. The summed E-state index contributed by atoms with van der Waals surface area (Å²) in [5.41, 5.74) is -0.715. The third-order valence-electron chi connectivity index (χ3n) is 9.38. The highest BCUT2D eigenvalue weighted by Gasteiger charge is 2.48. The van der Waals surface area contributed by atoms with Crippen molar-refractivity contribution in [3.8, 4) is 0 Å². The highest BCUT2D eigenvalue weighted by atomic mass is 79.9. The summed E-state index contributed by atoms with van der Waals surface area (Å²) in [5.74, 6) is -4.03. The fourth-order valence-corrected chi connectivity index (χ4v) is 8.04. The number of carbonyl (C=O) groups excluding carboxylic acids is 5. The van der Waals surface area contributed by atoms with Crippen LogP contribution in [0.25, 0.3) is 0 Å². The Morgan fingerprint density at radius 2 is 1.61 bits per heavy atom. The van der Waals surface area contributed by atoms with E-state index in [9.17, 15) is 32.4 Å². The van der Waals surface area contributed by atoms with Crippen molar-refractivity contribution in [2.75, 3.05) is 13.2 Å². The number of esters is 1. The zero-order valence-corrected chi connectivity index (χ0v) is 29.7. The second-order valence-corrected chi connectivity index (χ2v) is 17.0. The number of halogens is 1. The zero-order chi connectivity index (χ0) is 33.8. The Bertz CT molecular complexity index is 1410. The molecule has 0 radical (unpaired) electrons. The van der Waals surface area contributed by atoms with Gasteiger partial charge in [0.05, 0.1) is 23.9 Å². The standard InChI is InChI=1S/C34H47BrN2O8S/c1-5-8-23(32(41)30(39)17-22-11-12-22)18-29(38)28-20-36(46(43,44)26-15-13-24(35)14-16-26)21-37(28)33(42)27(34(2,3)4)19-31(40)45-25-9-6-7-10-25/h13-16,22-23,25,27-28H,5-12,17-21H2,1-4H3/t23-,27-,28+/m1/s1. The summed E-state index contributed by atoms with van der Waals surface area (Å²) in [6.07, 6.45) is 5.81. The van der Waals surface area contributed by atoms with Crippen LogP contribution in [0, 0.1) is 23.2 Å². The van der Waals surface area contributed by atoms with Gasteiger partial charge < -0.3 is 9.64 Å². The molecule has 3 aliphatic rings. The maximum absolute atomic E-state index is 14.3. The molecule has 254 valence electrons. The van der Waals surface area contributed by atoms with E-state index < -0.39 is 62.5 Å². The molecule has 3 fully saturated rings. The minimum atomic E-state index is -4.11. The SMILES string of the molecule is CCC[C@H](CC(=O)[C@@H]1CN(S(=O)(=O)c2ccc(Br)cc2)CN1C(=O)[C@@H](CC(=O)OC1CCCC1)C(C)(C)C)C(=O)C(=O)CC1CC1. The smallest absolute Gasteiger partial charge is 0.306 e. The molecule has 46 heavy (non-hydrogen) atoms. The van der Waals surface area contributed by atoms with Crippen LogP contribution in [-0.2, 0) is 38.7 Å². The summed E-state index contributed by atoms with van der Waals surface area (Å²) in [6.45, 7) is 6.65. The van der Waals surface area contributed by atoms with Crippen molar-refractivity contribution in [1.82, 2.24) is 9.21 Å². The second-order valence-electron chi connectivity index (χ2n) is 14.2. The van der Waals surface area contributed by atoms with Crippen LogP contribution in [0.1, 0.15) is 98.3 Å². The summed E-state index contributed by atoms with van der Waals surface area (Å²) in [7, 11) is -4.11. The van der Waals surface area contributed by atoms with E-state index in [0.29, 0.717) is 17.3 Å². The van der Waals surface area contributed by atoms with Crippen molar-refractivity contribution in [2.45, 2.75) is 115 Å². The van der Waals surface area contributed by atoms with Gasteiger partial charge in [-0.25, -0.2) is 8.42 Å². The molecular weight excluding hydrogens is 676 g/mol. The van der Waals surface area contributed by atoms with Crippen molar-refractivity contribution in [3.63, 3.8) is 0 Å². The number of sulfonamides is 1. The molecule has 10 nitrogen and oxygen atoms in total. The van der Waals surface area contributed by atoms with E-state index in [1.54, 1.807) is 12.1 Å². The van der Waals surface area contributed by atoms with Gasteiger partial charge in [-0.1, -0.05) is 50.0 Å². The molecule has 1 amide bonds. The molecule has 12 heteroatoms. The summed E-state index contributed by atoms with van der Waals surface area (Å²) in [4.78, 5) is 68.5. The van der Waals surface area contributed by atoms with E-state index in [-0.39, 0.29) is 49.4 Å². The number of hydrogen-bond donors (Lipinski definition) is 0. The monoisotopic (exact) mass is 722 g/mol. The van der Waals surface area contributed by atoms with Crippen LogP contribution < -0.4 is 0 Å². The molecule has 0 unspecified atom stereocenters. The first kappa shape index (κ1) is 36.4. The number of rotatable bonds is 15. The number of carbonyl (C=O) groups is 5. The number of amides is 1. The van der Waals surface area contributed by atoms with Crippen LogP contribution in [0.15, 0.2) is 33.6 Å². The molecule has 2 saturated carbocycles. The van der Waals surface area contributed by atoms with Gasteiger partial charge >= 0.3 is 5.97 Å². The van der Waals surface area contributed by atoms with E-state index in [0.717, 1.165) is 42.8 Å². The quantitative estimate of drug-likeness (QED) is 0.172. The van der Waals surface area contributed by atoms with Gasteiger partial charge in [0.25, 0.3) is 0 Å². The van der Waals surface area contributed by atoms with Crippen LogP contribution in [0.3, 0.4) is 0 Å². The average molecular weight is 724 g/mol. The summed E-state index contributed by atoms with van der Waals surface area (Å²) in [5, 5.41) is 0. The molecule has 0 bridgehead atoms. The van der Waals surface area contributed by atoms with Crippen LogP contribution in [-0.4, -0.2) is 72.2 Å². The maximum atomic E-state index is 14.3. The van der Waals surface area contributed by atoms with Crippen molar-refractivity contribution in [3.05, 3.63) is 28.7 Å². The number of ether oxygens (including phenoxy) is 1. The Labute approximate surface area is 281 Å². The molecule has 0 N–H and O–H groups in total. The number of nitrogens with zero attached hydrogens (tertiary/aromatic N) is 2. The molecule has 0 aromatic heterocycles. The summed E-state index contributed by atoms with van der Waals surface area (Å²) >= 11 is 3.31. The van der Waals surface area contributed by atoms with E-state index >= 15 is 0 Å². The van der Waals surface area contributed by atoms with Crippen molar-refractivity contribution in [2.24, 2.45) is 23.2 Å². The topological polar surface area (TPSA) is 135 Å². The van der Waals surface area contributed by atoms with Gasteiger partial charge in [0, 0.05) is 29.8 Å². The van der Waals surface area contributed by atoms with Crippen molar-refractivity contribution in [1.29, 1.82) is 0 Å². The van der Waals surface area contributed by atoms with E-state index in [2.05, 4.69) is 15.9 Å². The molecule has 0 spiro atoms. The fourth-order valence-electron chi connectivity index (χ4n) is 6.38. The molecule has 1 heterocycles. The minimum Gasteiger partial charge on any atom is -0.462 e. The first-order valence-corrected chi connectivity index (χ1v) is 18.7. The van der Waals surface area contributed by atoms with Gasteiger partial charge in [-0.15, -0.1) is 0 Å². The van der Waals surface area contributed by atoms with Crippen LogP contribution in [0.2, 0.25) is 0 Å². The van der Waals surface area contributed by atoms with Crippen LogP contribution in [0.5, 0.6) is 0 Å². The van der Waals surface area contributed by atoms with Gasteiger partial charge in [-0.05, 0) is 80.5 Å². The molecule has 1 aliphatic heterocycles. The molecular formula is C34H47BrN2O8S. The third kappa shape index (κ3) is 9.13. The van der Waals surface area contributed by atoms with E-state index in [1.165, 1.54) is 17.0 Å². The van der Waals surface area contributed by atoms with Crippen LogP contribution in [0.4, 0.5) is 0 Å². The molecule has 1 saturated heterocycles. The molecule has 1 aromatic carbocycles. The highest BCUT2D eigenvalue weighted by Crippen LogP contribution is 2.36. The van der Waals surface area contributed by atoms with Gasteiger partial charge in [0.1, 0.15) is 12.1 Å². The first-order chi connectivity index (χ1) is 21.6. The number of benzene rings is 1. The number of Topliss-reactive ketones (excluding diaryl/α,β-unsaturated/α-hetero) is 3. The van der Waals surface area contributed by atoms with Gasteiger partial charge in [0.15, 0.2) is 11.6 Å². The number of hydrogen-bond acceptors (Lipinski definition) is 8. The Kier molecular flexibility index (Phi) is 12.0. The highest BCUT2D eigenvalue weighted by molar-refractivity contribution is 9.10.